The predicted octanol–water partition coefficient (Wildman–Crippen LogP) is 4.00. The van der Waals surface area contributed by atoms with E-state index in [1.807, 2.05) is 18.2 Å². The number of anilines is 1. The average molecular weight is 405 g/mol. The van der Waals surface area contributed by atoms with E-state index in [-0.39, 0.29) is 11.8 Å². The standard InChI is InChI=1S/C20H21ClN2O3S/c1-26-16-7-4-14(5-8-16)20(25)22-10-2-3-19(24)23-11-12-27-18-9-6-15(21)13-17(18)23/h4-9,13H,2-3,10-12H2,1H3,(H,22,25). The highest BCUT2D eigenvalue weighted by atomic mass is 35.5. The van der Waals surface area contributed by atoms with Crippen molar-refractivity contribution in [2.75, 3.05) is 30.9 Å². The summed E-state index contributed by atoms with van der Waals surface area (Å²) < 4.78 is 5.08. The van der Waals surface area contributed by atoms with E-state index >= 15 is 0 Å². The lowest BCUT2D eigenvalue weighted by atomic mass is 10.2. The van der Waals surface area contributed by atoms with Gasteiger partial charge < -0.3 is 15.0 Å². The van der Waals surface area contributed by atoms with Crippen molar-refractivity contribution in [3.8, 4) is 5.75 Å². The third kappa shape index (κ3) is 4.96. The first-order valence-corrected chi connectivity index (χ1v) is 10.1. The summed E-state index contributed by atoms with van der Waals surface area (Å²) in [5.41, 5.74) is 1.45. The van der Waals surface area contributed by atoms with Gasteiger partial charge in [-0.25, -0.2) is 0 Å². The number of carbonyl (C=O) groups is 2. The maximum absolute atomic E-state index is 12.6. The molecule has 27 heavy (non-hydrogen) atoms. The molecule has 1 aliphatic heterocycles. The zero-order chi connectivity index (χ0) is 19.2. The van der Waals surface area contributed by atoms with Gasteiger partial charge in [0.1, 0.15) is 5.75 Å². The number of methoxy groups -OCH3 is 1. The second-order valence-electron chi connectivity index (χ2n) is 6.09. The number of halogens is 1. The third-order valence-corrected chi connectivity index (χ3v) is 5.57. The lowest BCUT2D eigenvalue weighted by molar-refractivity contribution is -0.118. The zero-order valence-electron chi connectivity index (χ0n) is 15.0. The van der Waals surface area contributed by atoms with E-state index in [1.54, 1.807) is 48.0 Å². The number of hydrogen-bond donors (Lipinski definition) is 1. The van der Waals surface area contributed by atoms with Crippen molar-refractivity contribution in [2.24, 2.45) is 0 Å². The molecule has 0 aliphatic carbocycles. The first kappa shape index (κ1) is 19.6. The Hall–Kier alpha value is -2.18. The molecule has 0 spiro atoms. The van der Waals surface area contributed by atoms with Crippen molar-refractivity contribution in [1.82, 2.24) is 5.32 Å². The molecule has 0 unspecified atom stereocenters. The van der Waals surface area contributed by atoms with Gasteiger partial charge in [-0.3, -0.25) is 9.59 Å². The summed E-state index contributed by atoms with van der Waals surface area (Å²) in [6.45, 7) is 1.12. The molecular formula is C20H21ClN2O3S. The molecule has 0 aromatic heterocycles. The number of rotatable bonds is 6. The molecule has 0 saturated heterocycles. The van der Waals surface area contributed by atoms with Crippen molar-refractivity contribution in [3.05, 3.63) is 53.1 Å². The molecule has 5 nitrogen and oxygen atoms in total. The van der Waals surface area contributed by atoms with E-state index in [4.69, 9.17) is 16.3 Å². The third-order valence-electron chi connectivity index (χ3n) is 4.29. The molecule has 0 atom stereocenters. The van der Waals surface area contributed by atoms with Gasteiger partial charge in [-0.1, -0.05) is 11.6 Å². The number of ether oxygens (including phenoxy) is 1. The second-order valence-corrected chi connectivity index (χ2v) is 7.67. The Morgan fingerprint density at radius 1 is 1.22 bits per heavy atom. The normalized spacial score (nSPS) is 13.0. The molecule has 0 fully saturated rings. The van der Waals surface area contributed by atoms with Crippen LogP contribution in [0, 0.1) is 0 Å². The van der Waals surface area contributed by atoms with Crippen LogP contribution >= 0.6 is 23.4 Å². The van der Waals surface area contributed by atoms with E-state index < -0.39 is 0 Å². The largest absolute Gasteiger partial charge is 0.497 e. The number of carbonyl (C=O) groups excluding carboxylic acids is 2. The highest BCUT2D eigenvalue weighted by Crippen LogP contribution is 2.36. The Bertz CT molecular complexity index is 826. The minimum atomic E-state index is -0.156. The molecule has 2 aromatic carbocycles. The molecule has 1 N–H and O–H groups in total. The molecule has 0 radical (unpaired) electrons. The maximum atomic E-state index is 12.6. The van der Waals surface area contributed by atoms with Gasteiger partial charge >= 0.3 is 0 Å². The Balaban J connectivity index is 1.49. The number of benzene rings is 2. The Morgan fingerprint density at radius 2 is 2.00 bits per heavy atom. The minimum absolute atomic E-state index is 0.0533. The van der Waals surface area contributed by atoms with Crippen molar-refractivity contribution < 1.29 is 14.3 Å². The van der Waals surface area contributed by atoms with Crippen LogP contribution in [0.1, 0.15) is 23.2 Å². The van der Waals surface area contributed by atoms with Gasteiger partial charge in [-0.15, -0.1) is 11.8 Å². The summed E-state index contributed by atoms with van der Waals surface area (Å²) in [5.74, 6) is 1.47. The van der Waals surface area contributed by atoms with Crippen LogP contribution in [0.2, 0.25) is 5.02 Å². The summed E-state index contributed by atoms with van der Waals surface area (Å²) in [6.07, 6.45) is 0.958. The molecule has 7 heteroatoms. The molecule has 0 saturated carbocycles. The van der Waals surface area contributed by atoms with Gasteiger partial charge in [-0.2, -0.15) is 0 Å². The van der Waals surface area contributed by atoms with Crippen molar-refractivity contribution in [1.29, 1.82) is 0 Å². The molecule has 3 rings (SSSR count). The lowest BCUT2D eigenvalue weighted by Gasteiger charge is -2.29. The summed E-state index contributed by atoms with van der Waals surface area (Å²) in [7, 11) is 1.58. The summed E-state index contributed by atoms with van der Waals surface area (Å²) >= 11 is 7.82. The monoisotopic (exact) mass is 404 g/mol. The number of nitrogens with zero attached hydrogens (tertiary/aromatic N) is 1. The fourth-order valence-electron chi connectivity index (χ4n) is 2.87. The second kappa shape index (κ2) is 9.15. The van der Waals surface area contributed by atoms with Gasteiger partial charge in [0.25, 0.3) is 5.91 Å². The smallest absolute Gasteiger partial charge is 0.251 e. The van der Waals surface area contributed by atoms with Crippen molar-refractivity contribution in [2.45, 2.75) is 17.7 Å². The van der Waals surface area contributed by atoms with E-state index in [1.165, 1.54) is 0 Å². The van der Waals surface area contributed by atoms with Crippen molar-refractivity contribution >= 4 is 40.9 Å². The summed E-state index contributed by atoms with van der Waals surface area (Å²) in [5, 5.41) is 3.47. The molecule has 2 aromatic rings. The number of thioether (sulfide) groups is 1. The van der Waals surface area contributed by atoms with Crippen molar-refractivity contribution in [3.63, 3.8) is 0 Å². The molecule has 0 bridgehead atoms. The number of fused-ring (bicyclic) bond motifs is 1. The Morgan fingerprint density at radius 3 is 2.74 bits per heavy atom. The fourth-order valence-corrected chi connectivity index (χ4v) is 4.01. The highest BCUT2D eigenvalue weighted by Gasteiger charge is 2.22. The lowest BCUT2D eigenvalue weighted by Crippen LogP contribution is -2.36. The van der Waals surface area contributed by atoms with Crippen LogP contribution in [0.5, 0.6) is 5.75 Å². The van der Waals surface area contributed by atoms with E-state index in [2.05, 4.69) is 5.32 Å². The highest BCUT2D eigenvalue weighted by molar-refractivity contribution is 7.99. The molecule has 1 heterocycles. The van der Waals surface area contributed by atoms with Crippen LogP contribution in [0.3, 0.4) is 0 Å². The van der Waals surface area contributed by atoms with Gasteiger partial charge in [-0.05, 0) is 48.9 Å². The van der Waals surface area contributed by atoms with Crippen LogP contribution in [-0.4, -0.2) is 37.8 Å². The van der Waals surface area contributed by atoms with Gasteiger partial charge in [0.15, 0.2) is 0 Å². The van der Waals surface area contributed by atoms with Crippen LogP contribution < -0.4 is 15.0 Å². The molecule has 142 valence electrons. The minimum Gasteiger partial charge on any atom is -0.497 e. The topological polar surface area (TPSA) is 58.6 Å². The Kier molecular flexibility index (Phi) is 6.63. The molecular weight excluding hydrogens is 384 g/mol. The number of nitrogens with one attached hydrogen (secondary N) is 1. The van der Waals surface area contributed by atoms with Gasteiger partial charge in [0.2, 0.25) is 5.91 Å². The molecule has 2 amide bonds. The van der Waals surface area contributed by atoms with E-state index in [9.17, 15) is 9.59 Å². The van der Waals surface area contributed by atoms with Crippen LogP contribution in [-0.2, 0) is 4.79 Å². The predicted molar refractivity (Wildman–Crippen MR) is 109 cm³/mol. The van der Waals surface area contributed by atoms with Gasteiger partial charge in [0.05, 0.1) is 12.8 Å². The summed E-state index contributed by atoms with van der Waals surface area (Å²) in [6, 6.07) is 12.6. The Labute approximate surface area is 168 Å². The maximum Gasteiger partial charge on any atom is 0.251 e. The van der Waals surface area contributed by atoms with E-state index in [0.717, 1.165) is 16.3 Å². The SMILES string of the molecule is COc1ccc(C(=O)NCCCC(=O)N2CCSc3ccc(Cl)cc32)cc1. The number of hydrogen-bond acceptors (Lipinski definition) is 4. The summed E-state index contributed by atoms with van der Waals surface area (Å²) in [4.78, 5) is 27.6. The first-order valence-electron chi connectivity index (χ1n) is 8.73. The van der Waals surface area contributed by atoms with Crippen LogP contribution in [0.4, 0.5) is 5.69 Å². The molecule has 1 aliphatic rings. The van der Waals surface area contributed by atoms with Gasteiger partial charge in [0, 0.05) is 40.7 Å². The first-order chi connectivity index (χ1) is 13.1. The fraction of sp³-hybridized carbons (Fsp3) is 0.300. The van der Waals surface area contributed by atoms with Crippen LogP contribution in [0.15, 0.2) is 47.4 Å². The van der Waals surface area contributed by atoms with Crippen LogP contribution in [0.25, 0.3) is 0 Å². The zero-order valence-corrected chi connectivity index (χ0v) is 16.6. The van der Waals surface area contributed by atoms with E-state index in [0.29, 0.717) is 42.3 Å². The number of amides is 2. The average Bonchev–Trinajstić information content (AvgIpc) is 2.70. The quantitative estimate of drug-likeness (QED) is 0.739.